The summed E-state index contributed by atoms with van der Waals surface area (Å²) in [7, 11) is 0. The first-order valence-corrected chi connectivity index (χ1v) is 9.18. The minimum absolute atomic E-state index is 0.210. The van der Waals surface area contributed by atoms with Crippen molar-refractivity contribution in [2.45, 2.75) is 26.4 Å². The molecule has 4 rings (SSSR count). The van der Waals surface area contributed by atoms with Crippen LogP contribution < -0.4 is 10.2 Å². The molecule has 1 N–H and O–H groups in total. The van der Waals surface area contributed by atoms with Crippen LogP contribution in [0, 0.1) is 6.92 Å². The Labute approximate surface area is 159 Å². The first-order chi connectivity index (χ1) is 13.2. The summed E-state index contributed by atoms with van der Waals surface area (Å²) in [5, 5.41) is 11.3. The molecular formula is C22H22N4O. The Hall–Kier alpha value is -3.21. The lowest BCUT2D eigenvalue weighted by Crippen LogP contribution is -2.31. The average Bonchev–Trinajstić information content (AvgIpc) is 2.73. The van der Waals surface area contributed by atoms with Crippen molar-refractivity contribution in [3.8, 4) is 0 Å². The summed E-state index contributed by atoms with van der Waals surface area (Å²) in [6, 6.07) is 20.2. The zero-order chi connectivity index (χ0) is 18.6. The fourth-order valence-corrected chi connectivity index (χ4v) is 3.29. The number of aryl methyl sites for hydroxylation is 1. The molecule has 0 fully saturated rings. The van der Waals surface area contributed by atoms with Crippen LogP contribution in [0.4, 0.5) is 5.82 Å². The maximum Gasteiger partial charge on any atom is 0.272 e. The van der Waals surface area contributed by atoms with E-state index >= 15 is 0 Å². The normalized spacial score (nSPS) is 13.1. The number of nitrogens with zero attached hydrogens (tertiary/aromatic N) is 3. The SMILES string of the molecule is Cc1ccc(CNC(=O)c2ccc(N3CCc4ccccc4C3)nn2)cc1. The number of fused-ring (bicyclic) bond motifs is 1. The zero-order valence-corrected chi connectivity index (χ0v) is 15.4. The van der Waals surface area contributed by atoms with Gasteiger partial charge in [0.15, 0.2) is 11.5 Å². The summed E-state index contributed by atoms with van der Waals surface area (Å²) >= 11 is 0. The van der Waals surface area contributed by atoms with E-state index in [-0.39, 0.29) is 5.91 Å². The second kappa shape index (κ2) is 7.58. The van der Waals surface area contributed by atoms with Crippen LogP contribution in [-0.4, -0.2) is 22.6 Å². The summed E-state index contributed by atoms with van der Waals surface area (Å²) in [6.07, 6.45) is 0.997. The van der Waals surface area contributed by atoms with E-state index in [0.29, 0.717) is 12.2 Å². The van der Waals surface area contributed by atoms with Crippen LogP contribution in [0.3, 0.4) is 0 Å². The molecule has 2 aromatic carbocycles. The third-order valence-electron chi connectivity index (χ3n) is 4.91. The predicted octanol–water partition coefficient (Wildman–Crippen LogP) is 3.28. The van der Waals surface area contributed by atoms with E-state index in [1.54, 1.807) is 6.07 Å². The first-order valence-electron chi connectivity index (χ1n) is 9.18. The molecule has 1 aromatic heterocycles. The molecule has 1 aliphatic heterocycles. The molecule has 0 radical (unpaired) electrons. The Kier molecular flexibility index (Phi) is 4.83. The monoisotopic (exact) mass is 358 g/mol. The van der Waals surface area contributed by atoms with Crippen LogP contribution in [0.15, 0.2) is 60.7 Å². The van der Waals surface area contributed by atoms with Gasteiger partial charge in [-0.05, 0) is 42.2 Å². The molecule has 0 saturated heterocycles. The molecule has 2 heterocycles. The van der Waals surface area contributed by atoms with E-state index in [2.05, 4.69) is 44.7 Å². The number of benzene rings is 2. The number of rotatable bonds is 4. The van der Waals surface area contributed by atoms with Gasteiger partial charge in [0.25, 0.3) is 5.91 Å². The number of carbonyl (C=O) groups excluding carboxylic acids is 1. The highest BCUT2D eigenvalue weighted by molar-refractivity contribution is 5.92. The molecule has 0 spiro atoms. The van der Waals surface area contributed by atoms with Crippen LogP contribution in [-0.2, 0) is 19.5 Å². The van der Waals surface area contributed by atoms with Gasteiger partial charge in [-0.15, -0.1) is 10.2 Å². The number of amides is 1. The van der Waals surface area contributed by atoms with E-state index < -0.39 is 0 Å². The molecule has 5 heteroatoms. The van der Waals surface area contributed by atoms with Crippen LogP contribution in [0.5, 0.6) is 0 Å². The van der Waals surface area contributed by atoms with E-state index in [1.165, 1.54) is 16.7 Å². The first kappa shape index (κ1) is 17.2. The highest BCUT2D eigenvalue weighted by Gasteiger charge is 2.18. The van der Waals surface area contributed by atoms with Crippen molar-refractivity contribution < 1.29 is 4.79 Å². The topological polar surface area (TPSA) is 58.1 Å². The molecule has 27 heavy (non-hydrogen) atoms. The van der Waals surface area contributed by atoms with E-state index in [9.17, 15) is 4.79 Å². The molecule has 136 valence electrons. The Bertz CT molecular complexity index is 935. The smallest absolute Gasteiger partial charge is 0.272 e. The lowest BCUT2D eigenvalue weighted by atomic mass is 10.00. The van der Waals surface area contributed by atoms with Gasteiger partial charge in [-0.3, -0.25) is 4.79 Å². The van der Waals surface area contributed by atoms with Crippen LogP contribution in [0.25, 0.3) is 0 Å². The third kappa shape index (κ3) is 3.97. The van der Waals surface area contributed by atoms with Gasteiger partial charge >= 0.3 is 0 Å². The van der Waals surface area contributed by atoms with Crippen molar-refractivity contribution in [1.29, 1.82) is 0 Å². The van der Waals surface area contributed by atoms with E-state index in [4.69, 9.17) is 0 Å². The third-order valence-corrected chi connectivity index (χ3v) is 4.91. The Balaban J connectivity index is 1.38. The van der Waals surface area contributed by atoms with Gasteiger partial charge in [0.05, 0.1) is 0 Å². The fraction of sp³-hybridized carbons (Fsp3) is 0.227. The summed E-state index contributed by atoms with van der Waals surface area (Å²) in [4.78, 5) is 14.5. The van der Waals surface area contributed by atoms with Gasteiger partial charge in [0.1, 0.15) is 0 Å². The Morgan fingerprint density at radius 3 is 2.52 bits per heavy atom. The highest BCUT2D eigenvalue weighted by Crippen LogP contribution is 2.22. The molecular weight excluding hydrogens is 336 g/mol. The molecule has 1 aliphatic rings. The summed E-state index contributed by atoms with van der Waals surface area (Å²) in [5.74, 6) is 0.596. The van der Waals surface area contributed by atoms with Crippen LogP contribution in [0.2, 0.25) is 0 Å². The number of anilines is 1. The van der Waals surface area contributed by atoms with Crippen molar-refractivity contribution in [2.24, 2.45) is 0 Å². The average molecular weight is 358 g/mol. The number of nitrogens with one attached hydrogen (secondary N) is 1. The van der Waals surface area contributed by atoms with Gasteiger partial charge in [-0.1, -0.05) is 54.1 Å². The van der Waals surface area contributed by atoms with Gasteiger partial charge in [0.2, 0.25) is 0 Å². The van der Waals surface area contributed by atoms with Crippen molar-refractivity contribution in [1.82, 2.24) is 15.5 Å². The molecule has 1 amide bonds. The number of hydrogen-bond donors (Lipinski definition) is 1. The Morgan fingerprint density at radius 1 is 1.00 bits per heavy atom. The highest BCUT2D eigenvalue weighted by atomic mass is 16.1. The van der Waals surface area contributed by atoms with E-state index in [1.807, 2.05) is 37.3 Å². The van der Waals surface area contributed by atoms with Crippen molar-refractivity contribution >= 4 is 11.7 Å². The zero-order valence-electron chi connectivity index (χ0n) is 15.4. The van der Waals surface area contributed by atoms with Gasteiger partial charge in [-0.25, -0.2) is 0 Å². The van der Waals surface area contributed by atoms with Gasteiger partial charge in [0, 0.05) is 19.6 Å². The van der Waals surface area contributed by atoms with Gasteiger partial charge in [-0.2, -0.15) is 0 Å². The molecule has 5 nitrogen and oxygen atoms in total. The fourth-order valence-electron chi connectivity index (χ4n) is 3.29. The molecule has 0 bridgehead atoms. The lowest BCUT2D eigenvalue weighted by molar-refractivity contribution is 0.0945. The molecule has 0 saturated carbocycles. The summed E-state index contributed by atoms with van der Waals surface area (Å²) in [6.45, 7) is 4.25. The molecule has 0 unspecified atom stereocenters. The molecule has 0 atom stereocenters. The molecule has 0 aliphatic carbocycles. The lowest BCUT2D eigenvalue weighted by Gasteiger charge is -2.29. The summed E-state index contributed by atoms with van der Waals surface area (Å²) < 4.78 is 0. The van der Waals surface area contributed by atoms with E-state index in [0.717, 1.165) is 30.9 Å². The summed E-state index contributed by atoms with van der Waals surface area (Å²) in [5.41, 5.74) is 5.32. The largest absolute Gasteiger partial charge is 0.350 e. The second-order valence-corrected chi connectivity index (χ2v) is 6.89. The van der Waals surface area contributed by atoms with Gasteiger partial charge < -0.3 is 10.2 Å². The van der Waals surface area contributed by atoms with Crippen LogP contribution in [0.1, 0.15) is 32.7 Å². The quantitative estimate of drug-likeness (QED) is 0.778. The molecule has 3 aromatic rings. The van der Waals surface area contributed by atoms with Crippen LogP contribution >= 0.6 is 0 Å². The minimum atomic E-state index is -0.210. The van der Waals surface area contributed by atoms with Crippen molar-refractivity contribution in [3.63, 3.8) is 0 Å². The maximum absolute atomic E-state index is 12.3. The minimum Gasteiger partial charge on any atom is -0.350 e. The Morgan fingerprint density at radius 2 is 1.78 bits per heavy atom. The predicted molar refractivity (Wildman–Crippen MR) is 106 cm³/mol. The maximum atomic E-state index is 12.3. The number of carbonyl (C=O) groups is 1. The standard InChI is InChI=1S/C22H22N4O/c1-16-6-8-17(9-7-16)14-23-22(27)20-10-11-21(25-24-20)26-13-12-18-4-2-3-5-19(18)15-26/h2-11H,12-15H2,1H3,(H,23,27). The number of hydrogen-bond acceptors (Lipinski definition) is 4. The van der Waals surface area contributed by atoms with Crippen molar-refractivity contribution in [3.05, 3.63) is 88.6 Å². The second-order valence-electron chi connectivity index (χ2n) is 6.89. The number of aromatic nitrogens is 2. The van der Waals surface area contributed by atoms with Crippen molar-refractivity contribution in [2.75, 3.05) is 11.4 Å².